The van der Waals surface area contributed by atoms with Gasteiger partial charge >= 0.3 is 0 Å². The van der Waals surface area contributed by atoms with Crippen LogP contribution in [-0.4, -0.2) is 9.55 Å². The molecule has 0 saturated heterocycles. The molecule has 0 saturated carbocycles. The number of nitrogens with zero attached hydrogens (tertiary/aromatic N) is 2. The van der Waals surface area contributed by atoms with Gasteiger partial charge in [0.1, 0.15) is 11.3 Å². The first-order valence-electron chi connectivity index (χ1n) is 5.10. The lowest BCUT2D eigenvalue weighted by atomic mass is 10.2. The fourth-order valence-electron chi connectivity index (χ4n) is 2.17. The lowest BCUT2D eigenvalue weighted by Gasteiger charge is -2.08. The minimum absolute atomic E-state index is 0.444. The smallest absolute Gasteiger partial charge is 0.137 e. The van der Waals surface area contributed by atoms with Crippen LogP contribution in [-0.2, 0) is 13.0 Å². The van der Waals surface area contributed by atoms with E-state index < -0.39 is 0 Å². The van der Waals surface area contributed by atoms with Gasteiger partial charge in [-0.25, -0.2) is 4.98 Å². The van der Waals surface area contributed by atoms with Gasteiger partial charge in [0.05, 0.1) is 15.9 Å². The zero-order valence-corrected chi connectivity index (χ0v) is 9.94. The molecule has 0 unspecified atom stereocenters. The summed E-state index contributed by atoms with van der Waals surface area (Å²) >= 11 is 12.0. The zero-order chi connectivity index (χ0) is 11.3. The molecule has 1 aromatic heterocycles. The van der Waals surface area contributed by atoms with Crippen molar-refractivity contribution in [3.63, 3.8) is 0 Å². The molecule has 0 fully saturated rings. The molecule has 1 N–H and O–H groups in total. The number of aryl methyl sites for hydroxylation is 1. The van der Waals surface area contributed by atoms with Crippen LogP contribution in [0, 0.1) is 5.41 Å². The van der Waals surface area contributed by atoms with Crippen LogP contribution < -0.4 is 5.49 Å². The summed E-state index contributed by atoms with van der Waals surface area (Å²) in [4.78, 5) is 4.51. The predicted molar refractivity (Wildman–Crippen MR) is 63.9 cm³/mol. The van der Waals surface area contributed by atoms with Crippen molar-refractivity contribution in [3.8, 4) is 0 Å². The Labute approximate surface area is 102 Å². The number of hydrogen-bond donors (Lipinski definition) is 1. The van der Waals surface area contributed by atoms with E-state index in [-0.39, 0.29) is 0 Å². The van der Waals surface area contributed by atoms with Crippen molar-refractivity contribution >= 4 is 34.1 Å². The minimum atomic E-state index is 0.444. The summed E-state index contributed by atoms with van der Waals surface area (Å²) in [6, 6.07) is 3.42. The maximum atomic E-state index is 8.13. The van der Waals surface area contributed by atoms with Crippen molar-refractivity contribution in [1.29, 1.82) is 5.41 Å². The Bertz CT molecular complexity index is 646. The zero-order valence-electron chi connectivity index (χ0n) is 8.43. The highest BCUT2D eigenvalue weighted by Gasteiger charge is 2.15. The summed E-state index contributed by atoms with van der Waals surface area (Å²) in [6.45, 7) is 0.857. The molecule has 0 aliphatic carbocycles. The number of halogens is 2. The van der Waals surface area contributed by atoms with Crippen molar-refractivity contribution in [2.75, 3.05) is 0 Å². The van der Waals surface area contributed by atoms with E-state index in [0.29, 0.717) is 20.9 Å². The van der Waals surface area contributed by atoms with Gasteiger partial charge in [0.2, 0.25) is 0 Å². The van der Waals surface area contributed by atoms with Crippen molar-refractivity contribution in [3.05, 3.63) is 33.5 Å². The molecule has 3 rings (SSSR count). The topological polar surface area (TPSA) is 41.7 Å². The molecule has 2 heterocycles. The maximum Gasteiger partial charge on any atom is 0.137 e. The van der Waals surface area contributed by atoms with E-state index in [9.17, 15) is 0 Å². The lowest BCUT2D eigenvalue weighted by molar-refractivity contribution is 0.699. The van der Waals surface area contributed by atoms with Gasteiger partial charge in [0.25, 0.3) is 0 Å². The molecule has 0 atom stereocenters. The quantitative estimate of drug-likeness (QED) is 0.771. The molecule has 3 nitrogen and oxygen atoms in total. The number of nitrogens with one attached hydrogen (secondary N) is 1. The van der Waals surface area contributed by atoms with Crippen LogP contribution in [0.3, 0.4) is 0 Å². The molecule has 0 radical (unpaired) electrons. The highest BCUT2D eigenvalue weighted by atomic mass is 35.5. The summed E-state index contributed by atoms with van der Waals surface area (Å²) in [7, 11) is 0. The Hall–Kier alpha value is -1.06. The Morgan fingerprint density at radius 2 is 2.12 bits per heavy atom. The first-order chi connectivity index (χ1) is 7.66. The van der Waals surface area contributed by atoms with Gasteiger partial charge in [-0.05, 0) is 18.6 Å². The molecular formula is C11H9Cl2N3. The monoisotopic (exact) mass is 253 g/mol. The van der Waals surface area contributed by atoms with E-state index in [4.69, 9.17) is 28.6 Å². The Morgan fingerprint density at radius 3 is 2.94 bits per heavy atom. The standard InChI is InChI=1S/C11H9Cl2N3/c12-6-4-7(13)10-8(5-6)15-9-2-1-3-16(9)11(10)14/h4-5,14H,1-3H2. The average molecular weight is 254 g/mol. The maximum absolute atomic E-state index is 8.13. The van der Waals surface area contributed by atoms with E-state index in [1.54, 1.807) is 12.1 Å². The fourth-order valence-corrected chi connectivity index (χ4v) is 2.75. The Kier molecular flexibility index (Phi) is 2.19. The largest absolute Gasteiger partial charge is 0.314 e. The van der Waals surface area contributed by atoms with Gasteiger partial charge in [-0.2, -0.15) is 0 Å². The van der Waals surface area contributed by atoms with Crippen LogP contribution in [0.4, 0.5) is 0 Å². The lowest BCUT2D eigenvalue weighted by Crippen LogP contribution is -2.21. The van der Waals surface area contributed by atoms with Crippen molar-refractivity contribution in [1.82, 2.24) is 9.55 Å². The van der Waals surface area contributed by atoms with Crippen molar-refractivity contribution < 1.29 is 0 Å². The second-order valence-electron chi connectivity index (χ2n) is 3.91. The molecule has 5 heteroatoms. The first kappa shape index (κ1) is 10.1. The first-order valence-corrected chi connectivity index (χ1v) is 5.85. The summed E-state index contributed by atoms with van der Waals surface area (Å²) in [5, 5.41) is 9.88. The van der Waals surface area contributed by atoms with E-state index in [1.165, 1.54) is 0 Å². The predicted octanol–water partition coefficient (Wildman–Crippen LogP) is 2.77. The third-order valence-electron chi connectivity index (χ3n) is 2.88. The summed E-state index contributed by atoms with van der Waals surface area (Å²) in [6.07, 6.45) is 1.96. The number of hydrogen-bond acceptors (Lipinski definition) is 2. The summed E-state index contributed by atoms with van der Waals surface area (Å²) < 4.78 is 1.92. The number of benzene rings is 1. The third-order valence-corrected chi connectivity index (χ3v) is 3.40. The number of rotatable bonds is 0. The molecule has 2 aromatic rings. The molecule has 0 amide bonds. The van der Waals surface area contributed by atoms with Crippen LogP contribution in [0.1, 0.15) is 12.2 Å². The normalized spacial score (nSPS) is 14.4. The van der Waals surface area contributed by atoms with Crippen LogP contribution in [0.5, 0.6) is 0 Å². The fraction of sp³-hybridized carbons (Fsp3) is 0.273. The highest BCUT2D eigenvalue weighted by Crippen LogP contribution is 2.25. The molecule has 82 valence electrons. The van der Waals surface area contributed by atoms with Crippen molar-refractivity contribution in [2.45, 2.75) is 19.4 Å². The number of fused-ring (bicyclic) bond motifs is 2. The molecule has 0 bridgehead atoms. The number of aromatic nitrogens is 2. The van der Waals surface area contributed by atoms with Gasteiger partial charge in [0.15, 0.2) is 0 Å². The summed E-state index contributed by atoms with van der Waals surface area (Å²) in [5.74, 6) is 0.954. The molecule has 1 aliphatic rings. The average Bonchev–Trinajstić information content (AvgIpc) is 2.64. The van der Waals surface area contributed by atoms with E-state index in [0.717, 1.165) is 30.7 Å². The molecule has 1 aliphatic heterocycles. The van der Waals surface area contributed by atoms with Gasteiger partial charge in [-0.15, -0.1) is 0 Å². The third kappa shape index (κ3) is 1.35. The van der Waals surface area contributed by atoms with Gasteiger partial charge < -0.3 is 4.57 Å². The molecule has 1 aromatic carbocycles. The molecule has 0 spiro atoms. The second-order valence-corrected chi connectivity index (χ2v) is 4.76. The van der Waals surface area contributed by atoms with Gasteiger partial charge in [0, 0.05) is 18.0 Å². The molecular weight excluding hydrogens is 245 g/mol. The van der Waals surface area contributed by atoms with Gasteiger partial charge in [-0.1, -0.05) is 23.2 Å². The second kappa shape index (κ2) is 3.47. The van der Waals surface area contributed by atoms with Crippen LogP contribution in [0.25, 0.3) is 10.9 Å². The van der Waals surface area contributed by atoms with Crippen LogP contribution in [0.15, 0.2) is 12.1 Å². The van der Waals surface area contributed by atoms with Gasteiger partial charge in [-0.3, -0.25) is 5.41 Å². The Balaban J connectivity index is 2.51. The summed E-state index contributed by atoms with van der Waals surface area (Å²) in [5.41, 5.74) is 1.16. The SMILES string of the molecule is N=c1c2c(Cl)cc(Cl)cc2nc2n1CCC2. The Morgan fingerprint density at radius 1 is 1.31 bits per heavy atom. The van der Waals surface area contributed by atoms with E-state index in [1.807, 2.05) is 4.57 Å². The van der Waals surface area contributed by atoms with Crippen LogP contribution >= 0.6 is 23.2 Å². The van der Waals surface area contributed by atoms with E-state index >= 15 is 0 Å². The minimum Gasteiger partial charge on any atom is -0.314 e. The van der Waals surface area contributed by atoms with Crippen molar-refractivity contribution in [2.24, 2.45) is 0 Å². The highest BCUT2D eigenvalue weighted by molar-refractivity contribution is 6.38. The van der Waals surface area contributed by atoms with E-state index in [2.05, 4.69) is 4.98 Å². The molecule has 16 heavy (non-hydrogen) atoms. The van der Waals surface area contributed by atoms with Crippen LogP contribution in [0.2, 0.25) is 10.0 Å².